The molecule has 0 aliphatic rings. The van der Waals surface area contributed by atoms with Gasteiger partial charge in [0.1, 0.15) is 0 Å². The van der Waals surface area contributed by atoms with Crippen LogP contribution in [0.2, 0.25) is 0 Å². The quantitative estimate of drug-likeness (QED) is 0.448. The van der Waals surface area contributed by atoms with Crippen LogP contribution < -0.4 is 0 Å². The predicted molar refractivity (Wildman–Crippen MR) is 67.1 cm³/mol. The van der Waals surface area contributed by atoms with Gasteiger partial charge in [0.05, 0.1) is 6.61 Å². The minimum Gasteiger partial charge on any atom is -0.377 e. The molecule has 0 rings (SSSR count). The van der Waals surface area contributed by atoms with E-state index >= 15 is 0 Å². The number of halogens is 3. The summed E-state index contributed by atoms with van der Waals surface area (Å²) < 4.78 is 40.7. The fraction of sp³-hybridized carbons (Fsp3) is 0.667. The molecule has 1 nitrogen and oxygen atoms in total. The summed E-state index contributed by atoms with van der Waals surface area (Å²) in [4.78, 5) is 0. The number of hydrogen-bond acceptors (Lipinski definition) is 2. The SMILES string of the molecule is C=C/C(=C\C)COCCCCCSC(F)(F)F. The Kier molecular flexibility index (Phi) is 9.36. The second-order valence-corrected chi connectivity index (χ2v) is 4.63. The number of rotatable bonds is 9. The van der Waals surface area contributed by atoms with Crippen LogP contribution in [0.3, 0.4) is 0 Å². The van der Waals surface area contributed by atoms with Crippen molar-refractivity contribution in [3.63, 3.8) is 0 Å². The molecule has 0 aromatic heterocycles. The Labute approximate surface area is 105 Å². The maximum absolute atomic E-state index is 11.8. The molecule has 17 heavy (non-hydrogen) atoms. The Hall–Kier alpha value is -0.420. The van der Waals surface area contributed by atoms with Crippen LogP contribution in [-0.4, -0.2) is 24.5 Å². The maximum Gasteiger partial charge on any atom is 0.441 e. The van der Waals surface area contributed by atoms with Gasteiger partial charge in [-0.05, 0) is 25.3 Å². The first kappa shape index (κ1) is 16.6. The van der Waals surface area contributed by atoms with Gasteiger partial charge in [0.2, 0.25) is 0 Å². The van der Waals surface area contributed by atoms with Gasteiger partial charge < -0.3 is 4.74 Å². The Morgan fingerprint density at radius 2 is 2.00 bits per heavy atom. The molecule has 0 saturated heterocycles. The fourth-order valence-corrected chi connectivity index (χ4v) is 1.70. The third-order valence-corrected chi connectivity index (χ3v) is 2.92. The third-order valence-electron chi connectivity index (χ3n) is 2.10. The molecule has 0 N–H and O–H groups in total. The van der Waals surface area contributed by atoms with E-state index in [4.69, 9.17) is 4.74 Å². The summed E-state index contributed by atoms with van der Waals surface area (Å²) in [6.45, 7) is 6.66. The van der Waals surface area contributed by atoms with E-state index in [-0.39, 0.29) is 17.5 Å². The molecule has 0 amide bonds. The molecule has 0 unspecified atom stereocenters. The van der Waals surface area contributed by atoms with Crippen molar-refractivity contribution in [2.75, 3.05) is 19.0 Å². The summed E-state index contributed by atoms with van der Waals surface area (Å²) in [5.41, 5.74) is -3.07. The van der Waals surface area contributed by atoms with Gasteiger partial charge in [0.15, 0.2) is 0 Å². The molecule has 0 saturated carbocycles. The number of unbranched alkanes of at least 4 members (excludes halogenated alkanes) is 2. The zero-order valence-corrected chi connectivity index (χ0v) is 10.9. The number of alkyl halides is 3. The first-order valence-electron chi connectivity index (χ1n) is 5.55. The van der Waals surface area contributed by atoms with Gasteiger partial charge in [-0.3, -0.25) is 0 Å². The Bertz CT molecular complexity index is 236. The van der Waals surface area contributed by atoms with Crippen molar-refractivity contribution in [2.24, 2.45) is 0 Å². The molecule has 5 heteroatoms. The molecular weight excluding hydrogens is 249 g/mol. The van der Waals surface area contributed by atoms with Crippen LogP contribution in [0, 0.1) is 0 Å². The highest BCUT2D eigenvalue weighted by atomic mass is 32.2. The van der Waals surface area contributed by atoms with Gasteiger partial charge in [0.25, 0.3) is 0 Å². The van der Waals surface area contributed by atoms with Gasteiger partial charge >= 0.3 is 5.51 Å². The average molecular weight is 268 g/mol. The number of hydrogen-bond donors (Lipinski definition) is 0. The Morgan fingerprint density at radius 1 is 1.29 bits per heavy atom. The van der Waals surface area contributed by atoms with Crippen molar-refractivity contribution in [3.8, 4) is 0 Å². The van der Waals surface area contributed by atoms with Crippen LogP contribution in [-0.2, 0) is 4.74 Å². The van der Waals surface area contributed by atoms with Crippen LogP contribution in [0.1, 0.15) is 26.2 Å². The van der Waals surface area contributed by atoms with Crippen LogP contribution in [0.5, 0.6) is 0 Å². The minimum atomic E-state index is -4.10. The van der Waals surface area contributed by atoms with Crippen molar-refractivity contribution in [2.45, 2.75) is 31.7 Å². The lowest BCUT2D eigenvalue weighted by atomic mass is 10.2. The van der Waals surface area contributed by atoms with Gasteiger partial charge in [-0.2, -0.15) is 13.2 Å². The van der Waals surface area contributed by atoms with E-state index in [2.05, 4.69) is 6.58 Å². The van der Waals surface area contributed by atoms with Crippen molar-refractivity contribution < 1.29 is 17.9 Å². The predicted octanol–water partition coefficient (Wildman–Crippen LogP) is 4.56. The van der Waals surface area contributed by atoms with Crippen LogP contribution in [0.15, 0.2) is 24.3 Å². The average Bonchev–Trinajstić information content (AvgIpc) is 2.26. The number of thioether (sulfide) groups is 1. The highest BCUT2D eigenvalue weighted by Crippen LogP contribution is 2.30. The number of ether oxygens (including phenoxy) is 1. The van der Waals surface area contributed by atoms with Gasteiger partial charge in [-0.15, -0.1) is 0 Å². The summed E-state index contributed by atoms with van der Waals surface area (Å²) in [6.07, 6.45) is 5.80. The molecule has 0 fully saturated rings. The van der Waals surface area contributed by atoms with E-state index < -0.39 is 5.51 Å². The lowest BCUT2D eigenvalue weighted by molar-refractivity contribution is -0.0328. The summed E-state index contributed by atoms with van der Waals surface area (Å²) in [7, 11) is 0. The normalized spacial score (nSPS) is 12.8. The molecule has 0 spiro atoms. The molecule has 0 heterocycles. The number of allylic oxidation sites excluding steroid dienone is 1. The molecule has 0 atom stereocenters. The molecule has 100 valence electrons. The zero-order chi connectivity index (χ0) is 13.1. The lowest BCUT2D eigenvalue weighted by Crippen LogP contribution is -2.02. The Morgan fingerprint density at radius 3 is 2.53 bits per heavy atom. The lowest BCUT2D eigenvalue weighted by Gasteiger charge is -2.06. The second kappa shape index (κ2) is 9.59. The molecule has 0 radical (unpaired) electrons. The van der Waals surface area contributed by atoms with Crippen molar-refractivity contribution in [3.05, 3.63) is 24.3 Å². The van der Waals surface area contributed by atoms with Crippen LogP contribution in [0.25, 0.3) is 0 Å². The van der Waals surface area contributed by atoms with Crippen molar-refractivity contribution in [1.82, 2.24) is 0 Å². The summed E-state index contributed by atoms with van der Waals surface area (Å²) in [5.74, 6) is 0.135. The van der Waals surface area contributed by atoms with Crippen molar-refractivity contribution in [1.29, 1.82) is 0 Å². The monoisotopic (exact) mass is 268 g/mol. The molecule has 0 aliphatic carbocycles. The van der Waals surface area contributed by atoms with Gasteiger partial charge in [-0.1, -0.05) is 36.9 Å². The fourth-order valence-electron chi connectivity index (χ4n) is 1.12. The van der Waals surface area contributed by atoms with E-state index in [1.54, 1.807) is 6.08 Å². The van der Waals surface area contributed by atoms with Gasteiger partial charge in [0, 0.05) is 12.4 Å². The molecule has 0 bridgehead atoms. The van der Waals surface area contributed by atoms with Crippen LogP contribution in [0.4, 0.5) is 13.2 Å². The molecule has 0 aromatic rings. The third kappa shape index (κ3) is 11.8. The van der Waals surface area contributed by atoms with E-state index in [0.717, 1.165) is 18.4 Å². The van der Waals surface area contributed by atoms with E-state index in [0.29, 0.717) is 19.6 Å². The largest absolute Gasteiger partial charge is 0.441 e. The highest BCUT2D eigenvalue weighted by Gasteiger charge is 2.27. The summed E-state index contributed by atoms with van der Waals surface area (Å²) in [6, 6.07) is 0. The van der Waals surface area contributed by atoms with Gasteiger partial charge in [-0.25, -0.2) is 0 Å². The highest BCUT2D eigenvalue weighted by molar-refractivity contribution is 8.00. The first-order chi connectivity index (χ1) is 7.99. The Balaban J connectivity index is 3.27. The molecular formula is C12H19F3OS. The summed E-state index contributed by atoms with van der Waals surface area (Å²) in [5, 5.41) is 0. The standard InChI is InChI=1S/C12H19F3OS/c1-3-11(4-2)10-16-8-6-5-7-9-17-12(13,14)15/h3-4H,1,5-10H2,2H3/b11-4+. The minimum absolute atomic E-state index is 0.0463. The van der Waals surface area contributed by atoms with E-state index in [1.165, 1.54) is 0 Å². The zero-order valence-electron chi connectivity index (χ0n) is 10.1. The second-order valence-electron chi connectivity index (χ2n) is 3.48. The smallest absolute Gasteiger partial charge is 0.377 e. The van der Waals surface area contributed by atoms with Crippen LogP contribution >= 0.6 is 11.8 Å². The first-order valence-corrected chi connectivity index (χ1v) is 6.54. The van der Waals surface area contributed by atoms with Crippen molar-refractivity contribution >= 4 is 11.8 Å². The van der Waals surface area contributed by atoms with E-state index in [9.17, 15) is 13.2 Å². The maximum atomic E-state index is 11.8. The van der Waals surface area contributed by atoms with E-state index in [1.807, 2.05) is 13.0 Å². The topological polar surface area (TPSA) is 9.23 Å². The molecule has 0 aliphatic heterocycles. The molecule has 0 aromatic carbocycles. The summed E-state index contributed by atoms with van der Waals surface area (Å²) >= 11 is 0.0463.